The maximum absolute atomic E-state index is 13.4. The fourth-order valence-corrected chi connectivity index (χ4v) is 4.68. The lowest BCUT2D eigenvalue weighted by Crippen LogP contribution is -2.39. The number of anilines is 1. The third kappa shape index (κ3) is 5.24. The highest BCUT2D eigenvalue weighted by Crippen LogP contribution is 2.32. The monoisotopic (exact) mass is 501 g/mol. The summed E-state index contributed by atoms with van der Waals surface area (Å²) < 4.78 is 43.4. The molecule has 1 aliphatic rings. The molecule has 11 heteroatoms. The Hall–Kier alpha value is -3.76. The Bertz CT molecular complexity index is 1310. The van der Waals surface area contributed by atoms with Crippen molar-refractivity contribution in [2.24, 2.45) is 5.10 Å². The number of rotatable bonds is 8. The van der Waals surface area contributed by atoms with Crippen LogP contribution in [0, 0.1) is 0 Å². The highest BCUT2D eigenvalue weighted by Gasteiger charge is 2.27. The maximum atomic E-state index is 13.4. The van der Waals surface area contributed by atoms with Gasteiger partial charge in [0.1, 0.15) is 12.3 Å². The topological polar surface area (TPSA) is 107 Å². The third-order valence-corrected chi connectivity index (χ3v) is 6.89. The van der Waals surface area contributed by atoms with Crippen molar-refractivity contribution < 1.29 is 27.4 Å². The van der Waals surface area contributed by atoms with E-state index in [1.165, 1.54) is 49.7 Å². The summed E-state index contributed by atoms with van der Waals surface area (Å²) in [6, 6.07) is 17.2. The largest absolute Gasteiger partial charge is 0.497 e. The van der Waals surface area contributed by atoms with E-state index < -0.39 is 22.5 Å². The summed E-state index contributed by atoms with van der Waals surface area (Å²) in [6.07, 6.45) is 1.42. The number of carbonyl (C=O) groups excluding carboxylic acids is 1. The zero-order chi connectivity index (χ0) is 24.1. The Balaban J connectivity index is 1.53. The fourth-order valence-electron chi connectivity index (χ4n) is 3.14. The van der Waals surface area contributed by atoms with Crippen molar-refractivity contribution in [1.82, 2.24) is 5.43 Å². The van der Waals surface area contributed by atoms with Gasteiger partial charge in [-0.2, -0.15) is 5.10 Å². The van der Waals surface area contributed by atoms with Crippen LogP contribution in [0.1, 0.15) is 5.56 Å². The standard InChI is InChI=1S/C23H20ClN3O6S/c1-31-19-7-9-20(10-8-19)34(29,30)27(18-5-3-17(24)4-6-18)14-23(28)26-25-13-16-2-11-21-22(12-16)33-15-32-21/h2-13H,14-15H2,1H3,(H,26,28)/b25-13-. The molecule has 3 aromatic rings. The Kier molecular flexibility index (Phi) is 6.90. The average molecular weight is 502 g/mol. The molecule has 0 atom stereocenters. The van der Waals surface area contributed by atoms with Crippen LogP contribution in [0.25, 0.3) is 0 Å². The van der Waals surface area contributed by atoms with Crippen molar-refractivity contribution in [1.29, 1.82) is 0 Å². The molecule has 0 radical (unpaired) electrons. The van der Waals surface area contributed by atoms with Gasteiger partial charge in [-0.25, -0.2) is 13.8 Å². The van der Waals surface area contributed by atoms with Crippen molar-refractivity contribution in [3.05, 3.63) is 77.3 Å². The summed E-state index contributed by atoms with van der Waals surface area (Å²) >= 11 is 5.95. The molecule has 176 valence electrons. The molecule has 0 saturated heterocycles. The van der Waals surface area contributed by atoms with E-state index in [2.05, 4.69) is 10.5 Å². The van der Waals surface area contributed by atoms with Gasteiger partial charge in [0.2, 0.25) is 6.79 Å². The number of amides is 1. The molecule has 0 unspecified atom stereocenters. The zero-order valence-electron chi connectivity index (χ0n) is 18.0. The Morgan fingerprint density at radius 1 is 1.09 bits per heavy atom. The number of halogens is 1. The molecule has 9 nitrogen and oxygen atoms in total. The number of nitrogens with zero attached hydrogens (tertiary/aromatic N) is 2. The molecule has 0 saturated carbocycles. The first-order valence-corrected chi connectivity index (χ1v) is 11.8. The third-order valence-electron chi connectivity index (χ3n) is 4.85. The van der Waals surface area contributed by atoms with Crippen LogP contribution in [0.5, 0.6) is 17.2 Å². The van der Waals surface area contributed by atoms with Crippen LogP contribution in [-0.4, -0.2) is 41.0 Å². The van der Waals surface area contributed by atoms with Crippen LogP contribution in [0.2, 0.25) is 5.02 Å². The van der Waals surface area contributed by atoms with Gasteiger partial charge in [0, 0.05) is 5.02 Å². The molecule has 0 aliphatic carbocycles. The van der Waals surface area contributed by atoms with Gasteiger partial charge in [-0.3, -0.25) is 9.10 Å². The number of hydrogen-bond acceptors (Lipinski definition) is 7. The summed E-state index contributed by atoms with van der Waals surface area (Å²) in [5.41, 5.74) is 3.30. The molecular weight excluding hydrogens is 482 g/mol. The summed E-state index contributed by atoms with van der Waals surface area (Å²) in [6.45, 7) is -0.357. The Labute approximate surface area is 201 Å². The van der Waals surface area contributed by atoms with E-state index in [1.807, 2.05) is 0 Å². The van der Waals surface area contributed by atoms with Crippen LogP contribution in [0.15, 0.2) is 76.7 Å². The number of ether oxygens (including phenoxy) is 3. The highest BCUT2D eigenvalue weighted by molar-refractivity contribution is 7.92. The number of hydrogen-bond donors (Lipinski definition) is 1. The van der Waals surface area contributed by atoms with Gasteiger partial charge < -0.3 is 14.2 Å². The molecule has 0 spiro atoms. The number of fused-ring (bicyclic) bond motifs is 1. The van der Waals surface area contributed by atoms with Crippen molar-refractivity contribution in [2.45, 2.75) is 4.90 Å². The summed E-state index contributed by atoms with van der Waals surface area (Å²) in [7, 11) is -2.60. The van der Waals surface area contributed by atoms with Crippen LogP contribution >= 0.6 is 11.6 Å². The first-order valence-electron chi connectivity index (χ1n) is 10.0. The van der Waals surface area contributed by atoms with Gasteiger partial charge in [0.05, 0.1) is 23.9 Å². The number of benzene rings is 3. The second kappa shape index (κ2) is 10.0. The lowest BCUT2D eigenvalue weighted by molar-refractivity contribution is -0.119. The smallest absolute Gasteiger partial charge is 0.264 e. The number of hydrazone groups is 1. The first-order chi connectivity index (χ1) is 16.4. The lowest BCUT2D eigenvalue weighted by Gasteiger charge is -2.23. The van der Waals surface area contributed by atoms with E-state index in [0.717, 1.165) is 4.31 Å². The van der Waals surface area contributed by atoms with E-state index in [4.69, 9.17) is 25.8 Å². The molecule has 3 aromatic carbocycles. The number of carbonyl (C=O) groups is 1. The molecule has 1 aliphatic heterocycles. The van der Waals surface area contributed by atoms with Gasteiger partial charge >= 0.3 is 0 Å². The minimum atomic E-state index is -4.08. The Morgan fingerprint density at radius 2 is 1.79 bits per heavy atom. The van der Waals surface area contributed by atoms with Crippen LogP contribution < -0.4 is 23.9 Å². The molecule has 0 bridgehead atoms. The van der Waals surface area contributed by atoms with E-state index in [1.54, 1.807) is 30.3 Å². The van der Waals surface area contributed by atoms with E-state index >= 15 is 0 Å². The normalized spacial score (nSPS) is 12.5. The molecular formula is C23H20ClN3O6S. The Morgan fingerprint density at radius 3 is 2.50 bits per heavy atom. The lowest BCUT2D eigenvalue weighted by atomic mass is 10.2. The maximum Gasteiger partial charge on any atom is 0.264 e. The van der Waals surface area contributed by atoms with Crippen LogP contribution in [0.3, 0.4) is 0 Å². The zero-order valence-corrected chi connectivity index (χ0v) is 19.5. The number of nitrogens with one attached hydrogen (secondary N) is 1. The van der Waals surface area contributed by atoms with Crippen LogP contribution in [-0.2, 0) is 14.8 Å². The van der Waals surface area contributed by atoms with Gasteiger partial charge in [-0.15, -0.1) is 0 Å². The number of methoxy groups -OCH3 is 1. The predicted molar refractivity (Wildman–Crippen MR) is 127 cm³/mol. The van der Waals surface area contributed by atoms with E-state index in [0.29, 0.717) is 27.8 Å². The van der Waals surface area contributed by atoms with E-state index in [-0.39, 0.29) is 17.4 Å². The number of sulfonamides is 1. The van der Waals surface area contributed by atoms with Gasteiger partial charge in [-0.1, -0.05) is 11.6 Å². The molecule has 1 amide bonds. The van der Waals surface area contributed by atoms with Gasteiger partial charge in [-0.05, 0) is 72.3 Å². The quantitative estimate of drug-likeness (QED) is 0.374. The fraction of sp³-hybridized carbons (Fsp3) is 0.130. The molecule has 1 N–H and O–H groups in total. The molecule has 34 heavy (non-hydrogen) atoms. The minimum absolute atomic E-state index is 0.0000823. The van der Waals surface area contributed by atoms with Gasteiger partial charge in [0.25, 0.3) is 15.9 Å². The highest BCUT2D eigenvalue weighted by atomic mass is 35.5. The van der Waals surface area contributed by atoms with Crippen molar-refractivity contribution >= 4 is 39.4 Å². The molecule has 4 rings (SSSR count). The first kappa shape index (κ1) is 23.4. The average Bonchev–Trinajstić information content (AvgIpc) is 3.31. The van der Waals surface area contributed by atoms with E-state index in [9.17, 15) is 13.2 Å². The van der Waals surface area contributed by atoms with Crippen molar-refractivity contribution in [2.75, 3.05) is 24.8 Å². The van der Waals surface area contributed by atoms with Crippen molar-refractivity contribution in [3.63, 3.8) is 0 Å². The predicted octanol–water partition coefficient (Wildman–Crippen LogP) is 3.42. The van der Waals surface area contributed by atoms with Crippen molar-refractivity contribution in [3.8, 4) is 17.2 Å². The molecule has 1 heterocycles. The molecule has 0 aromatic heterocycles. The summed E-state index contributed by atoms with van der Waals surface area (Å²) in [5.74, 6) is 1.08. The summed E-state index contributed by atoms with van der Waals surface area (Å²) in [4.78, 5) is 12.6. The second-order valence-electron chi connectivity index (χ2n) is 7.07. The second-order valence-corrected chi connectivity index (χ2v) is 9.37. The van der Waals surface area contributed by atoms with Gasteiger partial charge in [0.15, 0.2) is 11.5 Å². The molecule has 0 fully saturated rings. The SMILES string of the molecule is COc1ccc(S(=O)(=O)N(CC(=O)N/N=C\c2ccc3c(c2)OCO3)c2ccc(Cl)cc2)cc1. The van der Waals surface area contributed by atoms with Crippen LogP contribution in [0.4, 0.5) is 5.69 Å². The summed E-state index contributed by atoms with van der Waals surface area (Å²) in [5, 5.41) is 4.36. The minimum Gasteiger partial charge on any atom is -0.497 e.